The molecule has 1 aromatic heterocycles. The summed E-state index contributed by atoms with van der Waals surface area (Å²) in [6.07, 6.45) is 1.16. The number of aromatic nitrogens is 2. The Kier molecular flexibility index (Phi) is 8.33. The number of amides is 1. The van der Waals surface area contributed by atoms with Crippen LogP contribution in [0.1, 0.15) is 11.3 Å². The van der Waals surface area contributed by atoms with Crippen LogP contribution in [-0.2, 0) is 21.9 Å². The Morgan fingerprint density at radius 2 is 1.73 bits per heavy atom. The van der Waals surface area contributed by atoms with Gasteiger partial charge in [0, 0.05) is 18.7 Å². The van der Waals surface area contributed by atoms with Crippen LogP contribution in [0.4, 0.5) is 11.4 Å². The third kappa shape index (κ3) is 5.86. The zero-order valence-electron chi connectivity index (χ0n) is 22.3. The number of nitrogens with one attached hydrogen (secondary N) is 1. The van der Waals surface area contributed by atoms with Gasteiger partial charge >= 0.3 is 5.69 Å². The highest BCUT2D eigenvalue weighted by Gasteiger charge is 2.33. The Balaban J connectivity index is 1.70. The molecule has 13 nitrogen and oxygen atoms in total. The zero-order valence-corrected chi connectivity index (χ0v) is 23.1. The van der Waals surface area contributed by atoms with Crippen LogP contribution in [0.5, 0.6) is 5.75 Å². The van der Waals surface area contributed by atoms with Crippen LogP contribution in [0.15, 0.2) is 93.7 Å². The number of rotatable bonds is 10. The average molecular weight is 579 g/mol. The van der Waals surface area contributed by atoms with Gasteiger partial charge in [0.2, 0.25) is 0 Å². The molecule has 0 bridgehead atoms. The Morgan fingerprint density at radius 1 is 1.10 bits per heavy atom. The van der Waals surface area contributed by atoms with E-state index >= 15 is 0 Å². The summed E-state index contributed by atoms with van der Waals surface area (Å²) in [7, 11) is -1.46. The first-order valence-electron chi connectivity index (χ1n) is 12.1. The SMILES string of the molecule is COc1ccc(/C=N\NC(=O)CN(c2c(C)n(C)n(-c3ccccc3)c2=O)S(=O)(=O)c2ccccc2)cc1[N+](=O)[O-]. The molecule has 1 N–H and O–H groups in total. The Hall–Kier alpha value is -5.24. The van der Waals surface area contributed by atoms with E-state index in [4.69, 9.17) is 4.74 Å². The summed E-state index contributed by atoms with van der Waals surface area (Å²) in [4.78, 5) is 37.2. The lowest BCUT2D eigenvalue weighted by Crippen LogP contribution is -2.42. The number of ether oxygens (including phenoxy) is 1. The molecule has 1 heterocycles. The smallest absolute Gasteiger partial charge is 0.311 e. The van der Waals surface area contributed by atoms with Crippen molar-refractivity contribution in [3.05, 3.63) is 111 Å². The molecule has 0 fully saturated rings. The molecule has 3 aromatic carbocycles. The molecule has 0 aliphatic carbocycles. The minimum absolute atomic E-state index is 0.0531. The molecule has 0 aliphatic rings. The first kappa shape index (κ1) is 28.8. The number of hydrogen-bond acceptors (Lipinski definition) is 8. The first-order chi connectivity index (χ1) is 19.6. The second kappa shape index (κ2) is 11.9. The van der Waals surface area contributed by atoms with Gasteiger partial charge in [-0.2, -0.15) is 5.10 Å². The predicted molar refractivity (Wildman–Crippen MR) is 152 cm³/mol. The van der Waals surface area contributed by atoms with Gasteiger partial charge in [-0.25, -0.2) is 22.8 Å². The van der Waals surface area contributed by atoms with Crippen molar-refractivity contribution in [3.8, 4) is 11.4 Å². The number of anilines is 1. The monoisotopic (exact) mass is 578 g/mol. The molecule has 41 heavy (non-hydrogen) atoms. The summed E-state index contributed by atoms with van der Waals surface area (Å²) in [5.74, 6) is -0.796. The number of nitro benzene ring substituents is 1. The minimum Gasteiger partial charge on any atom is -0.490 e. The molecular formula is C27H26N6O7S. The van der Waals surface area contributed by atoms with Crippen LogP contribution in [-0.4, -0.2) is 48.5 Å². The molecule has 14 heteroatoms. The number of carbonyl (C=O) groups is 1. The lowest BCUT2D eigenvalue weighted by Gasteiger charge is -2.22. The third-order valence-electron chi connectivity index (χ3n) is 6.19. The highest BCUT2D eigenvalue weighted by atomic mass is 32.2. The fourth-order valence-electron chi connectivity index (χ4n) is 4.12. The van der Waals surface area contributed by atoms with Gasteiger partial charge in [0.1, 0.15) is 12.2 Å². The third-order valence-corrected chi connectivity index (χ3v) is 7.95. The van der Waals surface area contributed by atoms with E-state index in [0.717, 1.165) is 10.5 Å². The van der Waals surface area contributed by atoms with Crippen LogP contribution in [0, 0.1) is 17.0 Å². The highest BCUT2D eigenvalue weighted by Crippen LogP contribution is 2.27. The average Bonchev–Trinajstić information content (AvgIpc) is 3.19. The lowest BCUT2D eigenvalue weighted by molar-refractivity contribution is -0.385. The summed E-state index contributed by atoms with van der Waals surface area (Å²) in [6.45, 7) is 0.808. The van der Waals surface area contributed by atoms with Gasteiger partial charge in [0.25, 0.3) is 21.5 Å². The number of methoxy groups -OCH3 is 1. The fraction of sp³-hybridized carbons (Fsp3) is 0.148. The molecule has 212 valence electrons. The van der Waals surface area contributed by atoms with Crippen LogP contribution >= 0.6 is 0 Å². The van der Waals surface area contributed by atoms with E-state index in [1.54, 1.807) is 50.4 Å². The number of carbonyl (C=O) groups excluding carboxylic acids is 1. The first-order valence-corrected chi connectivity index (χ1v) is 13.6. The summed E-state index contributed by atoms with van der Waals surface area (Å²) in [5, 5.41) is 15.1. The Bertz CT molecular complexity index is 1780. The number of hydrazone groups is 1. The molecule has 0 aliphatic heterocycles. The van der Waals surface area contributed by atoms with Crippen LogP contribution in [0.25, 0.3) is 5.69 Å². The van der Waals surface area contributed by atoms with Gasteiger partial charge < -0.3 is 4.74 Å². The standard InChI is InChI=1S/C27H26N6O7S/c1-19-26(27(35)32(30(19)2)21-10-6-4-7-11-21)31(41(38,39)22-12-8-5-9-13-22)18-25(34)29-28-17-20-14-15-24(40-3)23(16-20)33(36)37/h4-17H,18H2,1-3H3,(H,29,34)/b28-17-. The number of para-hydroxylation sites is 1. The molecule has 1 amide bonds. The minimum atomic E-state index is -4.37. The molecular weight excluding hydrogens is 552 g/mol. The Labute approximate surface area is 235 Å². The molecule has 0 unspecified atom stereocenters. The van der Waals surface area contributed by atoms with Crippen molar-refractivity contribution < 1.29 is 22.9 Å². The summed E-state index contributed by atoms with van der Waals surface area (Å²) in [5.41, 5.74) is 2.20. The topological polar surface area (TPSA) is 158 Å². The van der Waals surface area contributed by atoms with E-state index in [0.29, 0.717) is 11.4 Å². The van der Waals surface area contributed by atoms with Gasteiger partial charge in [-0.1, -0.05) is 36.4 Å². The Morgan fingerprint density at radius 3 is 2.34 bits per heavy atom. The molecule has 4 aromatic rings. The lowest BCUT2D eigenvalue weighted by atomic mass is 10.2. The largest absolute Gasteiger partial charge is 0.490 e. The van der Waals surface area contributed by atoms with Crippen LogP contribution in [0.2, 0.25) is 0 Å². The van der Waals surface area contributed by atoms with Crippen molar-refractivity contribution >= 4 is 33.5 Å². The maximum absolute atomic E-state index is 13.8. The van der Waals surface area contributed by atoms with E-state index in [2.05, 4.69) is 10.5 Å². The van der Waals surface area contributed by atoms with Crippen molar-refractivity contribution in [2.45, 2.75) is 11.8 Å². The maximum Gasteiger partial charge on any atom is 0.311 e. The van der Waals surface area contributed by atoms with Crippen molar-refractivity contribution in [2.24, 2.45) is 12.1 Å². The maximum atomic E-state index is 13.8. The van der Waals surface area contributed by atoms with Crippen molar-refractivity contribution in [2.75, 3.05) is 18.0 Å². The zero-order chi connectivity index (χ0) is 29.7. The van der Waals surface area contributed by atoms with Gasteiger partial charge in [-0.05, 0) is 43.3 Å². The van der Waals surface area contributed by atoms with E-state index in [9.17, 15) is 28.1 Å². The molecule has 0 spiro atoms. The van der Waals surface area contributed by atoms with E-state index < -0.39 is 33.0 Å². The second-order valence-corrected chi connectivity index (χ2v) is 10.6. The quantitative estimate of drug-likeness (QED) is 0.172. The fourth-order valence-corrected chi connectivity index (χ4v) is 5.61. The number of sulfonamides is 1. The van der Waals surface area contributed by atoms with Crippen LogP contribution < -0.4 is 20.0 Å². The van der Waals surface area contributed by atoms with Gasteiger partial charge in [0.05, 0.1) is 34.5 Å². The van der Waals surface area contributed by atoms with Gasteiger partial charge in [-0.15, -0.1) is 0 Å². The summed E-state index contributed by atoms with van der Waals surface area (Å²) in [6, 6.07) is 20.2. The molecule has 0 saturated heterocycles. The predicted octanol–water partition coefficient (Wildman–Crippen LogP) is 2.75. The normalized spacial score (nSPS) is 11.4. The number of hydrogen-bond donors (Lipinski definition) is 1. The van der Waals surface area contributed by atoms with Crippen molar-refractivity contribution in [1.82, 2.24) is 14.8 Å². The van der Waals surface area contributed by atoms with Crippen molar-refractivity contribution in [1.29, 1.82) is 0 Å². The second-order valence-electron chi connectivity index (χ2n) is 8.72. The van der Waals surface area contributed by atoms with E-state index in [-0.39, 0.29) is 27.6 Å². The van der Waals surface area contributed by atoms with E-state index in [1.807, 2.05) is 0 Å². The molecule has 0 radical (unpaired) electrons. The molecule has 0 saturated carbocycles. The molecule has 4 rings (SSSR count). The number of benzene rings is 3. The summed E-state index contributed by atoms with van der Waals surface area (Å²) >= 11 is 0. The molecule has 0 atom stereocenters. The van der Waals surface area contributed by atoms with Gasteiger partial charge in [0.15, 0.2) is 5.75 Å². The number of nitro groups is 1. The van der Waals surface area contributed by atoms with E-state index in [1.165, 1.54) is 58.9 Å². The van der Waals surface area contributed by atoms with Gasteiger partial charge in [-0.3, -0.25) is 24.4 Å². The van der Waals surface area contributed by atoms with Crippen molar-refractivity contribution in [3.63, 3.8) is 0 Å². The van der Waals surface area contributed by atoms with Crippen LogP contribution in [0.3, 0.4) is 0 Å². The highest BCUT2D eigenvalue weighted by molar-refractivity contribution is 7.92. The number of nitrogens with zero attached hydrogens (tertiary/aromatic N) is 5. The summed E-state index contributed by atoms with van der Waals surface area (Å²) < 4.78 is 36.1.